The van der Waals surface area contributed by atoms with Gasteiger partial charge in [-0.1, -0.05) is 6.07 Å². The fraction of sp³-hybridized carbons (Fsp3) is 0.417. The van der Waals surface area contributed by atoms with Gasteiger partial charge in [-0.3, -0.25) is 4.79 Å². The van der Waals surface area contributed by atoms with Gasteiger partial charge in [0.1, 0.15) is 5.75 Å². The Kier molecular flexibility index (Phi) is 3.48. The van der Waals surface area contributed by atoms with E-state index >= 15 is 0 Å². The highest BCUT2D eigenvalue weighted by Crippen LogP contribution is 2.25. The maximum Gasteiger partial charge on any atom is 0.150 e. The fourth-order valence-corrected chi connectivity index (χ4v) is 1.59. The summed E-state index contributed by atoms with van der Waals surface area (Å²) >= 11 is 0. The number of carbonyl (C=O) groups excluding carboxylic acids is 1. The Hall–Kier alpha value is -1.35. The molecule has 0 aromatic heterocycles. The van der Waals surface area contributed by atoms with Crippen LogP contribution < -0.4 is 10.5 Å². The monoisotopic (exact) mass is 207 g/mol. The van der Waals surface area contributed by atoms with Gasteiger partial charge >= 0.3 is 0 Å². The van der Waals surface area contributed by atoms with Crippen LogP contribution in [0.15, 0.2) is 12.1 Å². The molecule has 3 heteroatoms. The zero-order chi connectivity index (χ0) is 11.6. The Bertz CT molecular complexity index is 385. The molecule has 0 saturated heterocycles. The quantitative estimate of drug-likeness (QED) is 0.823. The molecule has 0 amide bonds. The number of hydrogen-bond acceptors (Lipinski definition) is 3. The molecule has 15 heavy (non-hydrogen) atoms. The van der Waals surface area contributed by atoms with Crippen molar-refractivity contribution in [3.63, 3.8) is 0 Å². The standard InChI is InChI=1S/C12H17NO2/c1-7-6-11(15-4)8(2)5-10(7)12(13)9(3)14/h5-6,12H,13H2,1-4H3. The molecule has 0 radical (unpaired) electrons. The normalized spacial score (nSPS) is 12.3. The number of nitrogens with two attached hydrogens (primary N) is 1. The van der Waals surface area contributed by atoms with E-state index in [1.54, 1.807) is 7.11 Å². The maximum absolute atomic E-state index is 11.2. The van der Waals surface area contributed by atoms with E-state index < -0.39 is 6.04 Å². The van der Waals surface area contributed by atoms with Crippen molar-refractivity contribution in [3.05, 3.63) is 28.8 Å². The average molecular weight is 207 g/mol. The maximum atomic E-state index is 11.2. The van der Waals surface area contributed by atoms with Gasteiger partial charge in [0.2, 0.25) is 0 Å². The van der Waals surface area contributed by atoms with E-state index in [0.717, 1.165) is 22.4 Å². The average Bonchev–Trinajstić information content (AvgIpc) is 2.19. The summed E-state index contributed by atoms with van der Waals surface area (Å²) in [6, 6.07) is 3.29. The van der Waals surface area contributed by atoms with Crippen LogP contribution in [0, 0.1) is 13.8 Å². The van der Waals surface area contributed by atoms with Gasteiger partial charge in [0.15, 0.2) is 5.78 Å². The predicted molar refractivity (Wildman–Crippen MR) is 60.1 cm³/mol. The third-order valence-electron chi connectivity index (χ3n) is 2.56. The summed E-state index contributed by atoms with van der Waals surface area (Å²) in [6.07, 6.45) is 0. The molecule has 0 fully saturated rings. The summed E-state index contributed by atoms with van der Waals surface area (Å²) in [5.74, 6) is 0.801. The molecule has 1 aromatic carbocycles. The highest BCUT2D eigenvalue weighted by molar-refractivity contribution is 5.83. The second-order valence-electron chi connectivity index (χ2n) is 3.77. The van der Waals surface area contributed by atoms with Crippen molar-refractivity contribution >= 4 is 5.78 Å². The Morgan fingerprint density at radius 2 is 1.93 bits per heavy atom. The minimum Gasteiger partial charge on any atom is -0.496 e. The lowest BCUT2D eigenvalue weighted by Crippen LogP contribution is -2.19. The zero-order valence-electron chi connectivity index (χ0n) is 9.63. The fourth-order valence-electron chi connectivity index (χ4n) is 1.59. The first-order valence-corrected chi connectivity index (χ1v) is 4.88. The van der Waals surface area contributed by atoms with Gasteiger partial charge in [0.25, 0.3) is 0 Å². The molecule has 0 saturated carbocycles. The smallest absolute Gasteiger partial charge is 0.150 e. The largest absolute Gasteiger partial charge is 0.496 e. The number of rotatable bonds is 3. The summed E-state index contributed by atoms with van der Waals surface area (Å²) in [6.45, 7) is 5.37. The van der Waals surface area contributed by atoms with Gasteiger partial charge in [-0.15, -0.1) is 0 Å². The molecule has 82 valence electrons. The summed E-state index contributed by atoms with van der Waals surface area (Å²) in [5, 5.41) is 0. The molecule has 1 unspecified atom stereocenters. The summed E-state index contributed by atoms with van der Waals surface area (Å²) < 4.78 is 5.20. The van der Waals surface area contributed by atoms with Gasteiger partial charge in [-0.25, -0.2) is 0 Å². The molecule has 3 nitrogen and oxygen atoms in total. The molecular weight excluding hydrogens is 190 g/mol. The van der Waals surface area contributed by atoms with E-state index in [-0.39, 0.29) is 5.78 Å². The van der Waals surface area contributed by atoms with E-state index in [4.69, 9.17) is 10.5 Å². The molecule has 2 N–H and O–H groups in total. The molecule has 1 atom stereocenters. The van der Waals surface area contributed by atoms with Crippen molar-refractivity contribution in [2.45, 2.75) is 26.8 Å². The van der Waals surface area contributed by atoms with Crippen molar-refractivity contribution in [2.75, 3.05) is 7.11 Å². The number of carbonyl (C=O) groups is 1. The zero-order valence-corrected chi connectivity index (χ0v) is 9.63. The molecule has 0 heterocycles. The molecule has 0 aliphatic heterocycles. The van der Waals surface area contributed by atoms with Crippen LogP contribution in [0.2, 0.25) is 0 Å². The highest BCUT2D eigenvalue weighted by atomic mass is 16.5. The van der Waals surface area contributed by atoms with Gasteiger partial charge < -0.3 is 10.5 Å². The number of ether oxygens (including phenoxy) is 1. The van der Waals surface area contributed by atoms with Crippen LogP contribution in [0.5, 0.6) is 5.75 Å². The van der Waals surface area contributed by atoms with Crippen LogP contribution in [0.4, 0.5) is 0 Å². The van der Waals surface area contributed by atoms with Crippen LogP contribution in [0.25, 0.3) is 0 Å². The summed E-state index contributed by atoms with van der Waals surface area (Å²) in [7, 11) is 1.63. The topological polar surface area (TPSA) is 52.3 Å². The van der Waals surface area contributed by atoms with Crippen molar-refractivity contribution in [3.8, 4) is 5.75 Å². The van der Waals surface area contributed by atoms with Crippen LogP contribution >= 0.6 is 0 Å². The van der Waals surface area contributed by atoms with Gasteiger partial charge in [0, 0.05) is 0 Å². The molecule has 0 aliphatic rings. The predicted octanol–water partition coefficient (Wildman–Crippen LogP) is 1.90. The van der Waals surface area contributed by atoms with E-state index in [1.165, 1.54) is 6.92 Å². The summed E-state index contributed by atoms with van der Waals surface area (Å²) in [4.78, 5) is 11.2. The molecule has 1 aromatic rings. The molecular formula is C12H17NO2. The minimum absolute atomic E-state index is 0.0253. The molecule has 0 bridgehead atoms. The van der Waals surface area contributed by atoms with Crippen LogP contribution in [0.3, 0.4) is 0 Å². The second kappa shape index (κ2) is 4.45. The van der Waals surface area contributed by atoms with Crippen molar-refractivity contribution in [2.24, 2.45) is 5.73 Å². The van der Waals surface area contributed by atoms with E-state index in [2.05, 4.69) is 0 Å². The SMILES string of the molecule is COc1cc(C)c(C(N)C(C)=O)cc1C. The molecule has 0 spiro atoms. The molecule has 0 aliphatic carbocycles. The third kappa shape index (κ3) is 2.36. The van der Waals surface area contributed by atoms with E-state index in [9.17, 15) is 4.79 Å². The van der Waals surface area contributed by atoms with Crippen molar-refractivity contribution in [1.29, 1.82) is 0 Å². The number of benzene rings is 1. The Labute approximate surface area is 90.2 Å². The third-order valence-corrected chi connectivity index (χ3v) is 2.56. The second-order valence-corrected chi connectivity index (χ2v) is 3.77. The van der Waals surface area contributed by atoms with Crippen LogP contribution in [-0.2, 0) is 4.79 Å². The van der Waals surface area contributed by atoms with Gasteiger partial charge in [0.05, 0.1) is 13.2 Å². The first kappa shape index (κ1) is 11.7. The van der Waals surface area contributed by atoms with Crippen molar-refractivity contribution < 1.29 is 9.53 Å². The lowest BCUT2D eigenvalue weighted by Gasteiger charge is -2.14. The highest BCUT2D eigenvalue weighted by Gasteiger charge is 2.15. The van der Waals surface area contributed by atoms with E-state index in [0.29, 0.717) is 0 Å². The number of methoxy groups -OCH3 is 1. The Morgan fingerprint density at radius 1 is 1.33 bits per heavy atom. The summed E-state index contributed by atoms with van der Waals surface area (Å²) in [5.41, 5.74) is 8.67. The van der Waals surface area contributed by atoms with Gasteiger partial charge in [-0.05, 0) is 43.5 Å². The lowest BCUT2D eigenvalue weighted by molar-refractivity contribution is -0.118. The Morgan fingerprint density at radius 3 is 2.40 bits per heavy atom. The van der Waals surface area contributed by atoms with Crippen LogP contribution in [0.1, 0.15) is 29.7 Å². The number of Topliss-reactive ketones (excluding diaryl/α,β-unsaturated/α-hetero) is 1. The van der Waals surface area contributed by atoms with E-state index in [1.807, 2.05) is 26.0 Å². The molecule has 1 rings (SSSR count). The first-order chi connectivity index (χ1) is 6.97. The number of ketones is 1. The number of hydrogen-bond donors (Lipinski definition) is 1. The number of aryl methyl sites for hydroxylation is 2. The Balaban J connectivity index is 3.21. The van der Waals surface area contributed by atoms with Crippen molar-refractivity contribution in [1.82, 2.24) is 0 Å². The van der Waals surface area contributed by atoms with Crippen LogP contribution in [-0.4, -0.2) is 12.9 Å². The lowest BCUT2D eigenvalue weighted by atomic mass is 9.97. The minimum atomic E-state index is -0.533. The van der Waals surface area contributed by atoms with Gasteiger partial charge in [-0.2, -0.15) is 0 Å². The first-order valence-electron chi connectivity index (χ1n) is 4.88.